The first-order chi connectivity index (χ1) is 9.56. The Kier molecular flexibility index (Phi) is 7.80. The topological polar surface area (TPSA) is 50.5 Å². The highest BCUT2D eigenvalue weighted by Crippen LogP contribution is 2.10. The van der Waals surface area contributed by atoms with Gasteiger partial charge in [-0.1, -0.05) is 25.9 Å². The fourth-order valence-electron chi connectivity index (χ4n) is 2.13. The van der Waals surface area contributed by atoms with Crippen molar-refractivity contribution in [1.82, 2.24) is 15.4 Å². The predicted octanol–water partition coefficient (Wildman–Crippen LogP) is 2.28. The number of nitrogens with zero attached hydrogens (tertiary/aromatic N) is 2. The minimum atomic E-state index is 0.373. The molecule has 0 amide bonds. The highest BCUT2D eigenvalue weighted by atomic mass is 16.5. The molecule has 0 aliphatic heterocycles. The number of hydrogen-bond acceptors (Lipinski definition) is 5. The number of ether oxygens (including phenoxy) is 1. The Balaban J connectivity index is 2.45. The van der Waals surface area contributed by atoms with Gasteiger partial charge in [-0.2, -0.15) is 0 Å². The molecule has 0 aliphatic rings. The Labute approximate surface area is 122 Å². The van der Waals surface area contributed by atoms with E-state index in [0.717, 1.165) is 44.2 Å². The molecular formula is C15H29N3O2. The van der Waals surface area contributed by atoms with Gasteiger partial charge in [0.2, 0.25) is 0 Å². The number of aromatic nitrogens is 1. The first-order valence-corrected chi connectivity index (χ1v) is 7.45. The van der Waals surface area contributed by atoms with Gasteiger partial charge in [0.15, 0.2) is 5.76 Å². The van der Waals surface area contributed by atoms with Gasteiger partial charge in [0.1, 0.15) is 0 Å². The fraction of sp³-hybridized carbons (Fsp3) is 0.800. The normalized spacial score (nSPS) is 13.3. The zero-order valence-corrected chi connectivity index (χ0v) is 13.5. The smallest absolute Gasteiger partial charge is 0.151 e. The summed E-state index contributed by atoms with van der Waals surface area (Å²) < 4.78 is 10.6. The van der Waals surface area contributed by atoms with Crippen LogP contribution < -0.4 is 5.32 Å². The van der Waals surface area contributed by atoms with Gasteiger partial charge in [0, 0.05) is 25.8 Å². The summed E-state index contributed by atoms with van der Waals surface area (Å²) in [5, 5.41) is 7.48. The van der Waals surface area contributed by atoms with E-state index in [2.05, 4.69) is 43.1 Å². The van der Waals surface area contributed by atoms with E-state index < -0.39 is 0 Å². The standard InChI is InChI=1S/C15H29N3O2/c1-6-18(13(4)11-19-5)10-15-7-14(17-20-15)9-16-8-12(2)3/h7,12-13,16H,6,8-11H2,1-5H3. The highest BCUT2D eigenvalue weighted by molar-refractivity contribution is 5.05. The molecule has 1 aromatic rings. The summed E-state index contributed by atoms with van der Waals surface area (Å²) in [6.45, 7) is 12.9. The Bertz CT molecular complexity index is 366. The molecule has 1 N–H and O–H groups in total. The summed E-state index contributed by atoms with van der Waals surface area (Å²) in [5.41, 5.74) is 0.969. The second-order valence-corrected chi connectivity index (χ2v) is 5.68. The van der Waals surface area contributed by atoms with Crippen LogP contribution in [0.3, 0.4) is 0 Å². The van der Waals surface area contributed by atoms with Crippen LogP contribution in [0.4, 0.5) is 0 Å². The maximum absolute atomic E-state index is 5.41. The highest BCUT2D eigenvalue weighted by Gasteiger charge is 2.15. The van der Waals surface area contributed by atoms with Crippen molar-refractivity contribution in [2.45, 2.75) is 46.8 Å². The van der Waals surface area contributed by atoms with Gasteiger partial charge < -0.3 is 14.6 Å². The Morgan fingerprint density at radius 1 is 1.40 bits per heavy atom. The molecule has 1 aromatic heterocycles. The zero-order chi connectivity index (χ0) is 15.0. The molecule has 0 aromatic carbocycles. The lowest BCUT2D eigenvalue weighted by Crippen LogP contribution is -2.35. The van der Waals surface area contributed by atoms with Crippen LogP contribution in [-0.2, 0) is 17.8 Å². The van der Waals surface area contributed by atoms with Crippen LogP contribution in [0.1, 0.15) is 39.1 Å². The molecule has 0 spiro atoms. The quantitative estimate of drug-likeness (QED) is 0.714. The van der Waals surface area contributed by atoms with E-state index in [0.29, 0.717) is 12.0 Å². The van der Waals surface area contributed by atoms with E-state index in [-0.39, 0.29) is 0 Å². The van der Waals surface area contributed by atoms with E-state index in [1.807, 2.05) is 6.07 Å². The zero-order valence-electron chi connectivity index (χ0n) is 13.5. The fourth-order valence-corrected chi connectivity index (χ4v) is 2.13. The van der Waals surface area contributed by atoms with E-state index in [9.17, 15) is 0 Å². The van der Waals surface area contributed by atoms with Crippen molar-refractivity contribution >= 4 is 0 Å². The van der Waals surface area contributed by atoms with Crippen molar-refractivity contribution in [3.63, 3.8) is 0 Å². The van der Waals surface area contributed by atoms with Crippen LogP contribution in [0, 0.1) is 5.92 Å². The van der Waals surface area contributed by atoms with Crippen molar-refractivity contribution in [3.8, 4) is 0 Å². The van der Waals surface area contributed by atoms with Crippen LogP contribution >= 0.6 is 0 Å². The molecule has 1 unspecified atom stereocenters. The van der Waals surface area contributed by atoms with E-state index >= 15 is 0 Å². The molecule has 0 fully saturated rings. The molecule has 20 heavy (non-hydrogen) atoms. The van der Waals surface area contributed by atoms with E-state index in [1.165, 1.54) is 0 Å². The van der Waals surface area contributed by atoms with Crippen LogP contribution in [0.15, 0.2) is 10.6 Å². The van der Waals surface area contributed by atoms with Gasteiger partial charge in [-0.05, 0) is 25.9 Å². The molecule has 0 bridgehead atoms. The SMILES string of the molecule is CCN(Cc1cc(CNCC(C)C)no1)C(C)COC. The molecule has 1 atom stereocenters. The van der Waals surface area contributed by atoms with Gasteiger partial charge in [-0.3, -0.25) is 4.90 Å². The summed E-state index contributed by atoms with van der Waals surface area (Å²) >= 11 is 0. The molecule has 5 heteroatoms. The summed E-state index contributed by atoms with van der Waals surface area (Å²) in [6, 6.07) is 2.41. The van der Waals surface area contributed by atoms with Crippen molar-refractivity contribution < 1.29 is 9.26 Å². The first kappa shape index (κ1) is 17.1. The van der Waals surface area contributed by atoms with Crippen molar-refractivity contribution in [3.05, 3.63) is 17.5 Å². The largest absolute Gasteiger partial charge is 0.383 e. The van der Waals surface area contributed by atoms with Gasteiger partial charge >= 0.3 is 0 Å². The second kappa shape index (κ2) is 9.10. The number of hydrogen-bond donors (Lipinski definition) is 1. The Hall–Kier alpha value is -0.910. The molecule has 0 saturated carbocycles. The molecule has 0 saturated heterocycles. The first-order valence-electron chi connectivity index (χ1n) is 7.45. The van der Waals surface area contributed by atoms with Gasteiger partial charge in [0.25, 0.3) is 0 Å². The Morgan fingerprint density at radius 2 is 2.15 bits per heavy atom. The van der Waals surface area contributed by atoms with Crippen LogP contribution in [0.25, 0.3) is 0 Å². The third kappa shape index (κ3) is 6.03. The lowest BCUT2D eigenvalue weighted by atomic mass is 10.2. The second-order valence-electron chi connectivity index (χ2n) is 5.68. The van der Waals surface area contributed by atoms with Gasteiger partial charge in [-0.25, -0.2) is 0 Å². The number of methoxy groups -OCH3 is 1. The van der Waals surface area contributed by atoms with Crippen LogP contribution in [-0.4, -0.2) is 42.9 Å². The number of rotatable bonds is 10. The molecule has 1 heterocycles. The lowest BCUT2D eigenvalue weighted by Gasteiger charge is -2.25. The Morgan fingerprint density at radius 3 is 2.75 bits per heavy atom. The van der Waals surface area contributed by atoms with Gasteiger partial charge in [-0.15, -0.1) is 0 Å². The van der Waals surface area contributed by atoms with Gasteiger partial charge in [0.05, 0.1) is 18.8 Å². The van der Waals surface area contributed by atoms with Crippen molar-refractivity contribution in [2.75, 3.05) is 26.8 Å². The van der Waals surface area contributed by atoms with Crippen LogP contribution in [0.5, 0.6) is 0 Å². The summed E-state index contributed by atoms with van der Waals surface area (Å²) in [5.74, 6) is 1.56. The lowest BCUT2D eigenvalue weighted by molar-refractivity contribution is 0.0920. The van der Waals surface area contributed by atoms with E-state index in [4.69, 9.17) is 9.26 Å². The maximum Gasteiger partial charge on any atom is 0.151 e. The number of nitrogens with one attached hydrogen (secondary N) is 1. The molecular weight excluding hydrogens is 254 g/mol. The average Bonchev–Trinajstić information content (AvgIpc) is 2.83. The maximum atomic E-state index is 5.41. The molecule has 116 valence electrons. The summed E-state index contributed by atoms with van der Waals surface area (Å²) in [4.78, 5) is 2.31. The van der Waals surface area contributed by atoms with Crippen molar-refractivity contribution in [1.29, 1.82) is 0 Å². The molecule has 5 nitrogen and oxygen atoms in total. The average molecular weight is 283 g/mol. The summed E-state index contributed by atoms with van der Waals surface area (Å²) in [7, 11) is 1.73. The third-order valence-corrected chi connectivity index (χ3v) is 3.26. The monoisotopic (exact) mass is 283 g/mol. The molecule has 0 aliphatic carbocycles. The third-order valence-electron chi connectivity index (χ3n) is 3.26. The minimum absolute atomic E-state index is 0.373. The molecule has 0 radical (unpaired) electrons. The predicted molar refractivity (Wildman–Crippen MR) is 80.5 cm³/mol. The van der Waals surface area contributed by atoms with Crippen LogP contribution in [0.2, 0.25) is 0 Å². The molecule has 1 rings (SSSR count). The number of likely N-dealkylation sites (N-methyl/N-ethyl adjacent to an activating group) is 1. The van der Waals surface area contributed by atoms with E-state index in [1.54, 1.807) is 7.11 Å². The minimum Gasteiger partial charge on any atom is -0.383 e. The summed E-state index contributed by atoms with van der Waals surface area (Å²) in [6.07, 6.45) is 0. The van der Waals surface area contributed by atoms with Crippen molar-refractivity contribution in [2.24, 2.45) is 5.92 Å².